The van der Waals surface area contributed by atoms with Crippen LogP contribution in [-0.2, 0) is 6.42 Å². The molecule has 0 aliphatic carbocycles. The molecule has 0 spiro atoms. The Hall–Kier alpha value is -2.83. The number of benzene rings is 1. The van der Waals surface area contributed by atoms with Crippen molar-refractivity contribution >= 4 is 18.2 Å². The fourth-order valence-corrected chi connectivity index (χ4v) is 3.57. The van der Waals surface area contributed by atoms with Crippen molar-refractivity contribution in [2.24, 2.45) is 9.98 Å². The number of nitrogens with one attached hydrogen (secondary N) is 1. The number of aliphatic imine (C=N–C) groups is 2. The highest BCUT2D eigenvalue weighted by molar-refractivity contribution is 6.03. The molecule has 3 aliphatic heterocycles. The lowest BCUT2D eigenvalue weighted by Crippen LogP contribution is -2.52. The maximum absolute atomic E-state index is 12.4. The molecule has 0 aromatic heterocycles. The van der Waals surface area contributed by atoms with Gasteiger partial charge in [-0.25, -0.2) is 9.79 Å². The lowest BCUT2D eigenvalue weighted by Gasteiger charge is -2.37. The van der Waals surface area contributed by atoms with Crippen LogP contribution in [0.3, 0.4) is 0 Å². The van der Waals surface area contributed by atoms with E-state index < -0.39 is 0 Å². The summed E-state index contributed by atoms with van der Waals surface area (Å²) < 4.78 is 0. The summed E-state index contributed by atoms with van der Waals surface area (Å²) in [6, 6.07) is 10.6. The number of carbonyl (C=O) groups is 1. The number of rotatable bonds is 4. The minimum Gasteiger partial charge on any atom is -0.353 e. The van der Waals surface area contributed by atoms with Crippen molar-refractivity contribution in [2.75, 3.05) is 39.3 Å². The summed E-state index contributed by atoms with van der Waals surface area (Å²) in [5, 5.41) is 3.03. The van der Waals surface area contributed by atoms with Gasteiger partial charge in [0, 0.05) is 38.8 Å². The lowest BCUT2D eigenvalue weighted by molar-refractivity contribution is 0.156. The Kier molecular flexibility index (Phi) is 5.09. The molecule has 0 unspecified atom stereocenters. The second-order valence-electron chi connectivity index (χ2n) is 7.14. The zero-order valence-electron chi connectivity index (χ0n) is 15.7. The van der Waals surface area contributed by atoms with E-state index >= 15 is 0 Å². The molecule has 1 aromatic rings. The van der Waals surface area contributed by atoms with E-state index in [1.807, 2.05) is 29.4 Å². The molecular weight excluding hydrogens is 340 g/mol. The van der Waals surface area contributed by atoms with Gasteiger partial charge in [-0.2, -0.15) is 0 Å². The maximum Gasteiger partial charge on any atom is 0.317 e. The van der Waals surface area contributed by atoms with Crippen LogP contribution in [0.2, 0.25) is 0 Å². The Morgan fingerprint density at radius 2 is 1.96 bits per heavy atom. The quantitative estimate of drug-likeness (QED) is 0.879. The number of piperazine rings is 1. The van der Waals surface area contributed by atoms with Crippen LogP contribution in [0.4, 0.5) is 4.79 Å². The number of carbonyl (C=O) groups excluding carboxylic acids is 1. The Labute approximate surface area is 160 Å². The predicted molar refractivity (Wildman–Crippen MR) is 107 cm³/mol. The number of amidine groups is 1. The molecule has 7 nitrogen and oxygen atoms in total. The predicted octanol–water partition coefficient (Wildman–Crippen LogP) is 1.54. The normalized spacial score (nSPS) is 21.7. The first-order valence-electron chi connectivity index (χ1n) is 9.61. The van der Waals surface area contributed by atoms with E-state index in [0.29, 0.717) is 25.7 Å². The lowest BCUT2D eigenvalue weighted by atomic mass is 10.1. The van der Waals surface area contributed by atoms with Crippen molar-refractivity contribution < 1.29 is 4.79 Å². The monoisotopic (exact) mass is 366 g/mol. The topological polar surface area (TPSA) is 63.5 Å². The SMILES string of the molecule is C[C@H]1CN=C2C=C(N3CCN(C(=O)NCCc4ccccc4)CC3)N=CN21. The molecule has 142 valence electrons. The molecule has 3 heterocycles. The summed E-state index contributed by atoms with van der Waals surface area (Å²) in [5.74, 6) is 1.94. The van der Waals surface area contributed by atoms with E-state index in [-0.39, 0.29) is 6.03 Å². The minimum absolute atomic E-state index is 0.0203. The van der Waals surface area contributed by atoms with E-state index in [1.54, 1.807) is 0 Å². The Morgan fingerprint density at radius 3 is 2.74 bits per heavy atom. The van der Waals surface area contributed by atoms with Crippen molar-refractivity contribution in [3.63, 3.8) is 0 Å². The number of urea groups is 1. The second kappa shape index (κ2) is 7.82. The first kappa shape index (κ1) is 17.6. The zero-order valence-corrected chi connectivity index (χ0v) is 15.7. The van der Waals surface area contributed by atoms with Crippen LogP contribution < -0.4 is 5.32 Å². The molecule has 0 radical (unpaired) electrons. The van der Waals surface area contributed by atoms with Crippen LogP contribution in [-0.4, -0.2) is 78.2 Å². The number of hydrogen-bond donors (Lipinski definition) is 1. The third-order valence-electron chi connectivity index (χ3n) is 5.25. The van der Waals surface area contributed by atoms with Gasteiger partial charge in [-0.3, -0.25) is 4.99 Å². The smallest absolute Gasteiger partial charge is 0.317 e. The van der Waals surface area contributed by atoms with Crippen LogP contribution >= 0.6 is 0 Å². The fourth-order valence-electron chi connectivity index (χ4n) is 3.57. The summed E-state index contributed by atoms with van der Waals surface area (Å²) in [4.78, 5) is 27.8. The van der Waals surface area contributed by atoms with Crippen LogP contribution in [0.1, 0.15) is 12.5 Å². The molecule has 27 heavy (non-hydrogen) atoms. The van der Waals surface area contributed by atoms with Crippen LogP contribution in [0.15, 0.2) is 52.2 Å². The molecule has 3 aliphatic rings. The van der Waals surface area contributed by atoms with Gasteiger partial charge in [0.05, 0.1) is 18.9 Å². The third-order valence-corrected chi connectivity index (χ3v) is 5.25. The van der Waals surface area contributed by atoms with Gasteiger partial charge >= 0.3 is 6.03 Å². The molecular formula is C20H26N6O. The molecule has 0 saturated carbocycles. The Morgan fingerprint density at radius 1 is 1.19 bits per heavy atom. The molecule has 1 fully saturated rings. The maximum atomic E-state index is 12.4. The summed E-state index contributed by atoms with van der Waals surface area (Å²) in [7, 11) is 0. The van der Waals surface area contributed by atoms with Gasteiger partial charge in [-0.1, -0.05) is 30.3 Å². The number of fused-ring (bicyclic) bond motifs is 1. The Balaban J connectivity index is 1.24. The van der Waals surface area contributed by atoms with Gasteiger partial charge in [0.2, 0.25) is 0 Å². The zero-order chi connectivity index (χ0) is 18.6. The minimum atomic E-state index is 0.0203. The fraction of sp³-hybridized carbons (Fsp3) is 0.450. The highest BCUT2D eigenvalue weighted by Crippen LogP contribution is 2.19. The van der Waals surface area contributed by atoms with E-state index in [1.165, 1.54) is 5.56 Å². The molecule has 0 bridgehead atoms. The summed E-state index contributed by atoms with van der Waals surface area (Å²) in [5.41, 5.74) is 1.24. The molecule has 2 amide bonds. The third kappa shape index (κ3) is 3.97. The van der Waals surface area contributed by atoms with Crippen molar-refractivity contribution in [3.05, 3.63) is 47.8 Å². The molecule has 7 heteroatoms. The summed E-state index contributed by atoms with van der Waals surface area (Å²) >= 11 is 0. The second-order valence-corrected chi connectivity index (χ2v) is 7.14. The number of nitrogens with zero attached hydrogens (tertiary/aromatic N) is 5. The molecule has 1 aromatic carbocycles. The number of amides is 2. The van der Waals surface area contributed by atoms with Crippen molar-refractivity contribution in [2.45, 2.75) is 19.4 Å². The summed E-state index contributed by atoms with van der Waals surface area (Å²) in [6.45, 7) is 6.62. The van der Waals surface area contributed by atoms with Gasteiger partial charge in [0.15, 0.2) is 0 Å². The number of hydrogen-bond acceptors (Lipinski definition) is 5. The van der Waals surface area contributed by atoms with Gasteiger partial charge in [-0.05, 0) is 18.9 Å². The first-order valence-corrected chi connectivity index (χ1v) is 9.61. The van der Waals surface area contributed by atoms with Crippen LogP contribution in [0, 0.1) is 0 Å². The summed E-state index contributed by atoms with van der Waals surface area (Å²) in [6.07, 6.45) is 4.79. The van der Waals surface area contributed by atoms with Crippen molar-refractivity contribution in [3.8, 4) is 0 Å². The van der Waals surface area contributed by atoms with E-state index in [0.717, 1.165) is 37.7 Å². The first-order chi connectivity index (χ1) is 13.2. The average Bonchev–Trinajstić information content (AvgIpc) is 3.09. The standard InChI is InChI=1S/C20H26N6O/c1-16-14-22-19-13-18(23-15-26(16)19)24-9-11-25(12-10-24)20(27)21-8-7-17-5-3-2-4-6-17/h2-6,13,15-16H,7-12,14H2,1H3,(H,21,27)/t16-/m0/s1. The average molecular weight is 366 g/mol. The van der Waals surface area contributed by atoms with Gasteiger partial charge in [-0.15, -0.1) is 0 Å². The Bertz CT molecular complexity index is 764. The largest absolute Gasteiger partial charge is 0.353 e. The highest BCUT2D eigenvalue weighted by Gasteiger charge is 2.27. The van der Waals surface area contributed by atoms with E-state index in [2.05, 4.69) is 50.2 Å². The van der Waals surface area contributed by atoms with Crippen LogP contribution in [0.5, 0.6) is 0 Å². The van der Waals surface area contributed by atoms with Gasteiger partial charge in [0.1, 0.15) is 11.7 Å². The van der Waals surface area contributed by atoms with E-state index in [4.69, 9.17) is 0 Å². The molecule has 4 rings (SSSR count). The highest BCUT2D eigenvalue weighted by atomic mass is 16.2. The van der Waals surface area contributed by atoms with Crippen molar-refractivity contribution in [1.29, 1.82) is 0 Å². The molecule has 1 saturated heterocycles. The molecule has 1 atom stereocenters. The van der Waals surface area contributed by atoms with E-state index in [9.17, 15) is 4.79 Å². The molecule has 1 N–H and O–H groups in total. The van der Waals surface area contributed by atoms with Gasteiger partial charge in [0.25, 0.3) is 0 Å². The van der Waals surface area contributed by atoms with Crippen LogP contribution in [0.25, 0.3) is 0 Å². The van der Waals surface area contributed by atoms with Crippen molar-refractivity contribution in [1.82, 2.24) is 20.0 Å². The van der Waals surface area contributed by atoms with Gasteiger partial charge < -0.3 is 20.0 Å².